The van der Waals surface area contributed by atoms with E-state index in [0.717, 1.165) is 5.56 Å². The van der Waals surface area contributed by atoms with E-state index in [1.807, 2.05) is 20.8 Å². The fourth-order valence-electron chi connectivity index (χ4n) is 1.83. The second-order valence-corrected chi connectivity index (χ2v) is 6.21. The highest BCUT2D eigenvalue weighted by molar-refractivity contribution is 7.89. The molecule has 0 aliphatic carbocycles. The summed E-state index contributed by atoms with van der Waals surface area (Å²) in [5.74, 6) is 0. The molecule has 0 saturated carbocycles. The predicted molar refractivity (Wildman–Crippen MR) is 76.5 cm³/mol. The van der Waals surface area contributed by atoms with Crippen LogP contribution in [0.5, 0.6) is 0 Å². The van der Waals surface area contributed by atoms with Gasteiger partial charge in [0.2, 0.25) is 10.0 Å². The third kappa shape index (κ3) is 4.19. The molecule has 1 rings (SSSR count). The third-order valence-electron chi connectivity index (χ3n) is 2.75. The molecule has 0 spiro atoms. The van der Waals surface area contributed by atoms with Crippen molar-refractivity contribution in [2.45, 2.75) is 25.7 Å². The van der Waals surface area contributed by atoms with Crippen LogP contribution in [-0.2, 0) is 14.8 Å². The number of aryl methyl sites for hydroxylation is 1. The van der Waals surface area contributed by atoms with Gasteiger partial charge in [0.05, 0.1) is 11.5 Å². The molecule has 19 heavy (non-hydrogen) atoms. The average Bonchev–Trinajstić information content (AvgIpc) is 2.33. The zero-order chi connectivity index (χ0) is 14.5. The van der Waals surface area contributed by atoms with E-state index < -0.39 is 10.0 Å². The van der Waals surface area contributed by atoms with Crippen molar-refractivity contribution in [2.75, 3.05) is 32.0 Å². The number of anilines is 1. The highest BCUT2D eigenvalue weighted by Gasteiger charge is 2.23. The van der Waals surface area contributed by atoms with Gasteiger partial charge >= 0.3 is 0 Å². The second-order valence-electron chi connectivity index (χ2n) is 4.27. The first-order valence-corrected chi connectivity index (χ1v) is 7.80. The van der Waals surface area contributed by atoms with E-state index in [0.29, 0.717) is 32.0 Å². The van der Waals surface area contributed by atoms with Gasteiger partial charge in [0, 0.05) is 25.4 Å². The Kier molecular flexibility index (Phi) is 5.78. The van der Waals surface area contributed by atoms with E-state index in [1.165, 1.54) is 10.4 Å². The van der Waals surface area contributed by atoms with Gasteiger partial charge in [0.25, 0.3) is 0 Å². The maximum absolute atomic E-state index is 12.5. The fraction of sp³-hybridized carbons (Fsp3) is 0.538. The summed E-state index contributed by atoms with van der Waals surface area (Å²) in [5.41, 5.74) is 7.00. The SMILES string of the molecule is CCOCCN(CC)S(=O)(=O)c1cc(C)cc(N)c1. The summed E-state index contributed by atoms with van der Waals surface area (Å²) in [7, 11) is -3.50. The Balaban J connectivity index is 2.99. The number of benzene rings is 1. The molecule has 0 heterocycles. The summed E-state index contributed by atoms with van der Waals surface area (Å²) in [6.45, 7) is 7.24. The zero-order valence-electron chi connectivity index (χ0n) is 11.7. The maximum atomic E-state index is 12.5. The van der Waals surface area contributed by atoms with Crippen LogP contribution in [0.4, 0.5) is 5.69 Å². The van der Waals surface area contributed by atoms with Gasteiger partial charge in [-0.25, -0.2) is 8.42 Å². The van der Waals surface area contributed by atoms with Crippen LogP contribution in [0.3, 0.4) is 0 Å². The van der Waals surface area contributed by atoms with E-state index in [1.54, 1.807) is 12.1 Å². The molecule has 0 unspecified atom stereocenters. The van der Waals surface area contributed by atoms with E-state index in [9.17, 15) is 8.42 Å². The summed E-state index contributed by atoms with van der Waals surface area (Å²) in [6.07, 6.45) is 0. The number of nitrogens with zero attached hydrogens (tertiary/aromatic N) is 1. The van der Waals surface area contributed by atoms with Crippen molar-refractivity contribution >= 4 is 15.7 Å². The number of ether oxygens (including phenoxy) is 1. The van der Waals surface area contributed by atoms with Gasteiger partial charge < -0.3 is 10.5 Å². The summed E-state index contributed by atoms with van der Waals surface area (Å²) in [6, 6.07) is 4.87. The smallest absolute Gasteiger partial charge is 0.243 e. The van der Waals surface area contributed by atoms with Gasteiger partial charge in [-0.15, -0.1) is 0 Å². The third-order valence-corrected chi connectivity index (χ3v) is 4.70. The van der Waals surface area contributed by atoms with Crippen molar-refractivity contribution in [1.29, 1.82) is 0 Å². The van der Waals surface area contributed by atoms with Gasteiger partial charge in [0.1, 0.15) is 0 Å². The molecular formula is C13H22N2O3S. The Bertz CT molecular complexity index is 494. The summed E-state index contributed by atoms with van der Waals surface area (Å²) in [4.78, 5) is 0.239. The molecule has 0 aliphatic heterocycles. The lowest BCUT2D eigenvalue weighted by atomic mass is 10.2. The van der Waals surface area contributed by atoms with Crippen molar-refractivity contribution in [1.82, 2.24) is 4.31 Å². The minimum Gasteiger partial charge on any atom is -0.399 e. The second kappa shape index (κ2) is 6.88. The Morgan fingerprint density at radius 2 is 1.95 bits per heavy atom. The molecule has 0 aromatic heterocycles. The molecule has 108 valence electrons. The van der Waals surface area contributed by atoms with E-state index >= 15 is 0 Å². The van der Waals surface area contributed by atoms with Gasteiger partial charge in [-0.3, -0.25) is 0 Å². The molecule has 0 aliphatic rings. The van der Waals surface area contributed by atoms with E-state index in [4.69, 9.17) is 10.5 Å². The Hall–Kier alpha value is -1.11. The number of hydrogen-bond acceptors (Lipinski definition) is 4. The van der Waals surface area contributed by atoms with Crippen molar-refractivity contribution in [3.8, 4) is 0 Å². The molecule has 0 amide bonds. The predicted octanol–water partition coefficient (Wildman–Crippen LogP) is 1.62. The van der Waals surface area contributed by atoms with Gasteiger partial charge in [0.15, 0.2) is 0 Å². The topological polar surface area (TPSA) is 72.6 Å². The van der Waals surface area contributed by atoms with Crippen LogP contribution >= 0.6 is 0 Å². The highest BCUT2D eigenvalue weighted by Crippen LogP contribution is 2.20. The maximum Gasteiger partial charge on any atom is 0.243 e. The molecule has 0 bridgehead atoms. The number of likely N-dealkylation sites (N-methyl/N-ethyl adjacent to an activating group) is 1. The quantitative estimate of drug-likeness (QED) is 0.611. The minimum absolute atomic E-state index is 0.239. The van der Waals surface area contributed by atoms with Gasteiger partial charge in [-0.1, -0.05) is 6.92 Å². The lowest BCUT2D eigenvalue weighted by Gasteiger charge is -2.20. The summed E-state index contributed by atoms with van der Waals surface area (Å²) < 4.78 is 31.6. The van der Waals surface area contributed by atoms with Crippen molar-refractivity contribution in [3.05, 3.63) is 23.8 Å². The normalized spacial score (nSPS) is 12.0. The number of sulfonamides is 1. The Morgan fingerprint density at radius 1 is 1.26 bits per heavy atom. The Labute approximate surface area is 115 Å². The standard InChI is InChI=1S/C13H22N2O3S/c1-4-15(6-7-18-5-2)19(16,17)13-9-11(3)8-12(14)10-13/h8-10H,4-7,14H2,1-3H3. The molecule has 1 aromatic carbocycles. The van der Waals surface area contributed by atoms with E-state index in [-0.39, 0.29) is 4.90 Å². The van der Waals surface area contributed by atoms with Crippen LogP contribution in [0.25, 0.3) is 0 Å². The van der Waals surface area contributed by atoms with Crippen molar-refractivity contribution in [3.63, 3.8) is 0 Å². The van der Waals surface area contributed by atoms with E-state index in [2.05, 4.69) is 0 Å². The zero-order valence-corrected chi connectivity index (χ0v) is 12.5. The number of rotatable bonds is 7. The molecule has 1 aromatic rings. The van der Waals surface area contributed by atoms with Crippen LogP contribution in [0.15, 0.2) is 23.1 Å². The molecule has 0 fully saturated rings. The van der Waals surface area contributed by atoms with Crippen molar-refractivity contribution in [2.24, 2.45) is 0 Å². The number of nitrogens with two attached hydrogens (primary N) is 1. The number of hydrogen-bond donors (Lipinski definition) is 1. The van der Waals surface area contributed by atoms with Crippen LogP contribution in [0.1, 0.15) is 19.4 Å². The molecular weight excluding hydrogens is 264 g/mol. The molecule has 0 saturated heterocycles. The molecule has 2 N–H and O–H groups in total. The monoisotopic (exact) mass is 286 g/mol. The first kappa shape index (κ1) is 15.9. The molecule has 6 heteroatoms. The first-order valence-electron chi connectivity index (χ1n) is 6.36. The minimum atomic E-state index is -3.50. The molecule has 0 atom stereocenters. The fourth-order valence-corrected chi connectivity index (χ4v) is 3.41. The van der Waals surface area contributed by atoms with Crippen LogP contribution in [-0.4, -0.2) is 39.0 Å². The summed E-state index contributed by atoms with van der Waals surface area (Å²) in [5, 5.41) is 0. The summed E-state index contributed by atoms with van der Waals surface area (Å²) >= 11 is 0. The Morgan fingerprint density at radius 3 is 2.47 bits per heavy atom. The first-order chi connectivity index (χ1) is 8.91. The number of nitrogen functional groups attached to an aromatic ring is 1. The molecule has 0 radical (unpaired) electrons. The van der Waals surface area contributed by atoms with Gasteiger partial charge in [-0.05, 0) is 37.6 Å². The molecule has 5 nitrogen and oxygen atoms in total. The van der Waals surface area contributed by atoms with Crippen LogP contribution in [0.2, 0.25) is 0 Å². The average molecular weight is 286 g/mol. The highest BCUT2D eigenvalue weighted by atomic mass is 32.2. The lowest BCUT2D eigenvalue weighted by molar-refractivity contribution is 0.135. The van der Waals surface area contributed by atoms with Crippen LogP contribution < -0.4 is 5.73 Å². The van der Waals surface area contributed by atoms with Crippen LogP contribution in [0, 0.1) is 6.92 Å². The van der Waals surface area contributed by atoms with Crippen molar-refractivity contribution < 1.29 is 13.2 Å². The lowest BCUT2D eigenvalue weighted by Crippen LogP contribution is -2.34. The van der Waals surface area contributed by atoms with Gasteiger partial charge in [-0.2, -0.15) is 4.31 Å². The largest absolute Gasteiger partial charge is 0.399 e.